The number of hydrogen-bond acceptors (Lipinski definition) is 5. The van der Waals surface area contributed by atoms with Crippen molar-refractivity contribution in [1.29, 1.82) is 0 Å². The van der Waals surface area contributed by atoms with Crippen LogP contribution >= 0.6 is 0 Å². The van der Waals surface area contributed by atoms with Crippen molar-refractivity contribution in [2.75, 3.05) is 6.54 Å². The molecule has 1 atom stereocenters. The number of nitrogens with zero attached hydrogens (tertiary/aromatic N) is 3. The number of aromatic nitrogens is 2. The molecule has 21 heavy (non-hydrogen) atoms. The van der Waals surface area contributed by atoms with Crippen molar-refractivity contribution in [1.82, 2.24) is 15.0 Å². The van der Waals surface area contributed by atoms with Crippen LogP contribution in [0.4, 0.5) is 0 Å². The van der Waals surface area contributed by atoms with Crippen LogP contribution in [0.1, 0.15) is 46.5 Å². The fourth-order valence-corrected chi connectivity index (χ4v) is 2.79. The maximum Gasteiger partial charge on any atom is 0.354 e. The highest BCUT2D eigenvalue weighted by Gasteiger charge is 2.28. The summed E-state index contributed by atoms with van der Waals surface area (Å²) in [6.45, 7) is 3.46. The van der Waals surface area contributed by atoms with Crippen LogP contribution in [0.3, 0.4) is 0 Å². The Bertz CT molecular complexity index is 653. The van der Waals surface area contributed by atoms with Gasteiger partial charge in [0.15, 0.2) is 0 Å². The van der Waals surface area contributed by atoms with E-state index in [1.54, 1.807) is 6.07 Å². The van der Waals surface area contributed by atoms with E-state index in [9.17, 15) is 4.79 Å². The number of rotatable bonds is 4. The summed E-state index contributed by atoms with van der Waals surface area (Å²) in [7, 11) is 0. The largest absolute Gasteiger partial charge is 0.477 e. The molecule has 0 aliphatic carbocycles. The third-order valence-corrected chi connectivity index (χ3v) is 3.74. The van der Waals surface area contributed by atoms with Crippen LogP contribution in [0.25, 0.3) is 0 Å². The molecule has 3 rings (SSSR count). The number of aryl methyl sites for hydroxylation is 1. The Morgan fingerprint density at radius 1 is 1.52 bits per heavy atom. The maximum absolute atomic E-state index is 11.0. The number of aromatic carboxylic acids is 1. The third kappa shape index (κ3) is 2.95. The summed E-state index contributed by atoms with van der Waals surface area (Å²) < 4.78 is 5.16. The van der Waals surface area contributed by atoms with Crippen LogP contribution in [-0.2, 0) is 6.54 Å². The van der Waals surface area contributed by atoms with Gasteiger partial charge >= 0.3 is 5.97 Å². The highest BCUT2D eigenvalue weighted by molar-refractivity contribution is 5.85. The van der Waals surface area contributed by atoms with Gasteiger partial charge in [0.2, 0.25) is 0 Å². The van der Waals surface area contributed by atoms with Gasteiger partial charge in [0.05, 0.1) is 11.7 Å². The third-order valence-electron chi connectivity index (χ3n) is 3.74. The average molecular weight is 287 g/mol. The van der Waals surface area contributed by atoms with Gasteiger partial charge in [-0.3, -0.25) is 4.90 Å². The van der Waals surface area contributed by atoms with Crippen LogP contribution < -0.4 is 0 Å². The Labute approximate surface area is 122 Å². The van der Waals surface area contributed by atoms with E-state index in [1.807, 2.05) is 19.1 Å². The number of likely N-dealkylation sites (tertiary alicyclic amines) is 1. The summed E-state index contributed by atoms with van der Waals surface area (Å²) in [4.78, 5) is 17.4. The van der Waals surface area contributed by atoms with E-state index in [4.69, 9.17) is 9.63 Å². The zero-order chi connectivity index (χ0) is 14.8. The van der Waals surface area contributed by atoms with Gasteiger partial charge in [-0.05, 0) is 38.4 Å². The smallest absolute Gasteiger partial charge is 0.354 e. The predicted molar refractivity (Wildman–Crippen MR) is 74.8 cm³/mol. The van der Waals surface area contributed by atoms with Crippen molar-refractivity contribution in [3.63, 3.8) is 0 Å². The summed E-state index contributed by atoms with van der Waals surface area (Å²) in [5, 5.41) is 13.1. The second-order valence-corrected chi connectivity index (χ2v) is 5.31. The molecule has 0 amide bonds. The highest BCUT2D eigenvalue weighted by Crippen LogP contribution is 2.32. The van der Waals surface area contributed by atoms with Crippen LogP contribution in [0.5, 0.6) is 0 Å². The van der Waals surface area contributed by atoms with E-state index in [-0.39, 0.29) is 11.7 Å². The van der Waals surface area contributed by atoms with Gasteiger partial charge in [-0.25, -0.2) is 9.78 Å². The molecule has 3 heterocycles. The monoisotopic (exact) mass is 287 g/mol. The first kappa shape index (κ1) is 13.8. The Morgan fingerprint density at radius 3 is 3.10 bits per heavy atom. The lowest BCUT2D eigenvalue weighted by Gasteiger charge is -2.22. The zero-order valence-electron chi connectivity index (χ0n) is 11.8. The first-order valence-electron chi connectivity index (χ1n) is 7.00. The summed E-state index contributed by atoms with van der Waals surface area (Å²) in [6, 6.07) is 7.28. The molecule has 0 aromatic carbocycles. The SMILES string of the molecule is Cc1cc([C@H]2CCCN2Cc2cccc(C(=O)O)n2)no1. The Kier molecular flexibility index (Phi) is 3.70. The molecule has 2 aromatic rings. The predicted octanol–water partition coefficient (Wildman–Crippen LogP) is 2.41. The van der Waals surface area contributed by atoms with Gasteiger partial charge in [-0.1, -0.05) is 11.2 Å². The van der Waals surface area contributed by atoms with Crippen molar-refractivity contribution in [3.05, 3.63) is 47.1 Å². The molecule has 1 aliphatic heterocycles. The van der Waals surface area contributed by atoms with Crippen LogP contribution in [-0.4, -0.2) is 32.7 Å². The second kappa shape index (κ2) is 5.65. The minimum atomic E-state index is -0.998. The van der Waals surface area contributed by atoms with Crippen molar-refractivity contribution >= 4 is 5.97 Å². The summed E-state index contributed by atoms with van der Waals surface area (Å²) in [5.41, 5.74) is 1.79. The molecule has 6 nitrogen and oxygen atoms in total. The molecule has 110 valence electrons. The molecule has 0 radical (unpaired) electrons. The van der Waals surface area contributed by atoms with E-state index in [1.165, 1.54) is 6.07 Å². The van der Waals surface area contributed by atoms with E-state index in [2.05, 4.69) is 15.0 Å². The molecule has 6 heteroatoms. The number of hydrogen-bond donors (Lipinski definition) is 1. The fourth-order valence-electron chi connectivity index (χ4n) is 2.79. The molecule has 0 bridgehead atoms. The second-order valence-electron chi connectivity index (χ2n) is 5.31. The fraction of sp³-hybridized carbons (Fsp3) is 0.400. The first-order chi connectivity index (χ1) is 10.1. The van der Waals surface area contributed by atoms with Crippen molar-refractivity contribution in [3.8, 4) is 0 Å². The topological polar surface area (TPSA) is 79.5 Å². The molecule has 0 saturated carbocycles. The molecule has 0 unspecified atom stereocenters. The number of carboxylic acids is 1. The van der Waals surface area contributed by atoms with Gasteiger partial charge in [-0.2, -0.15) is 0 Å². The molecule has 1 saturated heterocycles. The van der Waals surface area contributed by atoms with E-state index in [0.717, 1.165) is 36.5 Å². The molecular formula is C15H17N3O3. The highest BCUT2D eigenvalue weighted by atomic mass is 16.5. The lowest BCUT2D eigenvalue weighted by atomic mass is 10.1. The van der Waals surface area contributed by atoms with Crippen molar-refractivity contribution in [2.24, 2.45) is 0 Å². The van der Waals surface area contributed by atoms with Gasteiger partial charge in [-0.15, -0.1) is 0 Å². The zero-order valence-corrected chi connectivity index (χ0v) is 11.8. The van der Waals surface area contributed by atoms with Crippen molar-refractivity contribution in [2.45, 2.75) is 32.4 Å². The van der Waals surface area contributed by atoms with E-state index in [0.29, 0.717) is 6.54 Å². The number of carbonyl (C=O) groups is 1. The van der Waals surface area contributed by atoms with Crippen molar-refractivity contribution < 1.29 is 14.4 Å². The minimum Gasteiger partial charge on any atom is -0.477 e. The summed E-state index contributed by atoms with van der Waals surface area (Å²) >= 11 is 0. The summed E-state index contributed by atoms with van der Waals surface area (Å²) in [5.74, 6) is -0.190. The Balaban J connectivity index is 1.77. The lowest BCUT2D eigenvalue weighted by molar-refractivity contribution is 0.0690. The number of carboxylic acid groups (broad SMARTS) is 1. The molecule has 1 fully saturated rings. The normalized spacial score (nSPS) is 19.0. The quantitative estimate of drug-likeness (QED) is 0.930. The van der Waals surface area contributed by atoms with Crippen LogP contribution in [0, 0.1) is 6.92 Å². The molecule has 1 aliphatic rings. The Hall–Kier alpha value is -2.21. The van der Waals surface area contributed by atoms with Gasteiger partial charge in [0, 0.05) is 12.6 Å². The van der Waals surface area contributed by atoms with Gasteiger partial charge in [0.1, 0.15) is 17.1 Å². The number of pyridine rings is 1. The Morgan fingerprint density at radius 2 is 2.38 bits per heavy atom. The van der Waals surface area contributed by atoms with Crippen LogP contribution in [0.2, 0.25) is 0 Å². The standard InChI is InChI=1S/C15H17N3O3/c1-10-8-13(17-21-10)14-6-3-7-18(14)9-11-4-2-5-12(16-11)15(19)20/h2,4-5,8,14H,3,6-7,9H2,1H3,(H,19,20)/t14-/m1/s1. The lowest BCUT2D eigenvalue weighted by Crippen LogP contribution is -2.23. The first-order valence-corrected chi connectivity index (χ1v) is 7.00. The van der Waals surface area contributed by atoms with Crippen LogP contribution in [0.15, 0.2) is 28.8 Å². The minimum absolute atomic E-state index is 0.0838. The average Bonchev–Trinajstić information content (AvgIpc) is 3.08. The van der Waals surface area contributed by atoms with E-state index < -0.39 is 5.97 Å². The summed E-state index contributed by atoms with van der Waals surface area (Å²) in [6.07, 6.45) is 2.12. The molecule has 1 N–H and O–H groups in total. The van der Waals surface area contributed by atoms with Gasteiger partial charge in [0.25, 0.3) is 0 Å². The molecule has 0 spiro atoms. The molecular weight excluding hydrogens is 270 g/mol. The van der Waals surface area contributed by atoms with Gasteiger partial charge < -0.3 is 9.63 Å². The van der Waals surface area contributed by atoms with E-state index >= 15 is 0 Å². The maximum atomic E-state index is 11.0. The molecule has 2 aromatic heterocycles.